The molecule has 0 saturated carbocycles. The van der Waals surface area contributed by atoms with Crippen LogP contribution < -0.4 is 4.74 Å². The molecule has 1 heterocycles. The normalized spacial score (nSPS) is 14.6. The fraction of sp³-hybridized carbons (Fsp3) is 0.550. The van der Waals surface area contributed by atoms with Crippen molar-refractivity contribution in [2.24, 2.45) is 5.92 Å². The Morgan fingerprint density at radius 3 is 2.44 bits per heavy atom. The number of piperidine rings is 1. The first-order chi connectivity index (χ1) is 13.0. The smallest absolute Gasteiger partial charge is 0.323 e. The van der Waals surface area contributed by atoms with E-state index in [2.05, 4.69) is 0 Å². The highest BCUT2D eigenvalue weighted by Gasteiger charge is 2.30. The van der Waals surface area contributed by atoms with Gasteiger partial charge in [0.1, 0.15) is 12.3 Å². The Labute approximate surface area is 159 Å². The molecule has 0 spiro atoms. The van der Waals surface area contributed by atoms with Crippen molar-refractivity contribution in [2.75, 3.05) is 32.8 Å². The van der Waals surface area contributed by atoms with E-state index in [-0.39, 0.29) is 24.3 Å². The maximum absolute atomic E-state index is 12.6. The van der Waals surface area contributed by atoms with Crippen LogP contribution in [-0.2, 0) is 14.4 Å². The van der Waals surface area contributed by atoms with Gasteiger partial charge in [0.05, 0.1) is 13.0 Å². The number of rotatable bonds is 9. The Bertz CT molecular complexity index is 627. The van der Waals surface area contributed by atoms with Gasteiger partial charge in [-0.3, -0.25) is 14.4 Å². The number of ether oxygens (including phenoxy) is 1. The standard InChI is InChI=1S/C20H28N2O5/c1-2-11-22(15-19(24)25)20(26)16-8-12-21(13-9-16)18(23)10-14-27-17-6-4-3-5-7-17/h3-7,16H,2,8-15H2,1H3,(H,24,25). The third kappa shape index (κ3) is 6.58. The van der Waals surface area contributed by atoms with Gasteiger partial charge in [-0.05, 0) is 31.4 Å². The second-order valence-electron chi connectivity index (χ2n) is 6.72. The van der Waals surface area contributed by atoms with E-state index in [1.165, 1.54) is 4.90 Å². The zero-order chi connectivity index (χ0) is 19.6. The summed E-state index contributed by atoms with van der Waals surface area (Å²) >= 11 is 0. The summed E-state index contributed by atoms with van der Waals surface area (Å²) in [6.07, 6.45) is 2.17. The molecule has 0 unspecified atom stereocenters. The van der Waals surface area contributed by atoms with Crippen LogP contribution >= 0.6 is 0 Å². The fourth-order valence-corrected chi connectivity index (χ4v) is 3.27. The molecule has 0 radical (unpaired) electrons. The quantitative estimate of drug-likeness (QED) is 0.712. The molecule has 0 aromatic heterocycles. The minimum atomic E-state index is -0.997. The van der Waals surface area contributed by atoms with Gasteiger partial charge < -0.3 is 19.6 Å². The summed E-state index contributed by atoms with van der Waals surface area (Å²) in [5, 5.41) is 8.98. The molecule has 27 heavy (non-hydrogen) atoms. The summed E-state index contributed by atoms with van der Waals surface area (Å²) in [6.45, 7) is 3.47. The first kappa shape index (κ1) is 20.7. The van der Waals surface area contributed by atoms with Crippen LogP contribution in [0.3, 0.4) is 0 Å². The molecule has 1 aromatic carbocycles. The molecule has 1 N–H and O–H groups in total. The van der Waals surface area contributed by atoms with E-state index < -0.39 is 5.97 Å². The minimum Gasteiger partial charge on any atom is -0.493 e. The molecule has 0 aliphatic carbocycles. The largest absolute Gasteiger partial charge is 0.493 e. The van der Waals surface area contributed by atoms with Crippen LogP contribution in [-0.4, -0.2) is 65.5 Å². The molecule has 1 aliphatic heterocycles. The molecule has 148 valence electrons. The van der Waals surface area contributed by atoms with E-state index in [9.17, 15) is 14.4 Å². The summed E-state index contributed by atoms with van der Waals surface area (Å²) < 4.78 is 5.56. The van der Waals surface area contributed by atoms with Crippen molar-refractivity contribution in [1.82, 2.24) is 9.80 Å². The molecule has 0 bridgehead atoms. The Morgan fingerprint density at radius 2 is 1.85 bits per heavy atom. The number of hydrogen-bond acceptors (Lipinski definition) is 4. The van der Waals surface area contributed by atoms with Crippen LogP contribution in [0.25, 0.3) is 0 Å². The Morgan fingerprint density at radius 1 is 1.19 bits per heavy atom. The molecule has 0 atom stereocenters. The van der Waals surface area contributed by atoms with E-state index in [0.717, 1.165) is 12.2 Å². The Balaban J connectivity index is 1.75. The van der Waals surface area contributed by atoms with Crippen molar-refractivity contribution < 1.29 is 24.2 Å². The second kappa shape index (κ2) is 10.5. The molecule has 1 saturated heterocycles. The van der Waals surface area contributed by atoms with E-state index in [1.54, 1.807) is 4.90 Å². The predicted octanol–water partition coefficient (Wildman–Crippen LogP) is 2.02. The summed E-state index contributed by atoms with van der Waals surface area (Å²) in [5.41, 5.74) is 0. The highest BCUT2D eigenvalue weighted by molar-refractivity contribution is 5.83. The van der Waals surface area contributed by atoms with Crippen molar-refractivity contribution in [1.29, 1.82) is 0 Å². The van der Waals surface area contributed by atoms with Crippen LogP contribution in [0.15, 0.2) is 30.3 Å². The maximum Gasteiger partial charge on any atom is 0.323 e. The van der Waals surface area contributed by atoms with Crippen molar-refractivity contribution in [3.63, 3.8) is 0 Å². The zero-order valence-corrected chi connectivity index (χ0v) is 15.8. The van der Waals surface area contributed by atoms with Crippen LogP contribution in [0.4, 0.5) is 0 Å². The number of carboxylic acids is 1. The molecule has 7 heteroatoms. The monoisotopic (exact) mass is 376 g/mol. The molecular weight excluding hydrogens is 348 g/mol. The number of carbonyl (C=O) groups is 3. The number of benzene rings is 1. The lowest BCUT2D eigenvalue weighted by molar-refractivity contribution is -0.147. The van der Waals surface area contributed by atoms with Gasteiger partial charge in [0, 0.05) is 25.6 Å². The van der Waals surface area contributed by atoms with Crippen molar-refractivity contribution in [3.05, 3.63) is 30.3 Å². The highest BCUT2D eigenvalue weighted by atomic mass is 16.5. The third-order valence-corrected chi connectivity index (χ3v) is 4.66. The van der Waals surface area contributed by atoms with E-state index in [0.29, 0.717) is 45.5 Å². The van der Waals surface area contributed by atoms with Crippen molar-refractivity contribution in [3.8, 4) is 5.75 Å². The number of para-hydroxylation sites is 1. The van der Waals surface area contributed by atoms with Gasteiger partial charge in [-0.15, -0.1) is 0 Å². The molecule has 1 fully saturated rings. The summed E-state index contributed by atoms with van der Waals surface area (Å²) in [7, 11) is 0. The molecular formula is C20H28N2O5. The first-order valence-electron chi connectivity index (χ1n) is 9.47. The number of carboxylic acid groups (broad SMARTS) is 1. The number of hydrogen-bond donors (Lipinski definition) is 1. The minimum absolute atomic E-state index is 0.0211. The SMILES string of the molecule is CCCN(CC(=O)O)C(=O)C1CCN(C(=O)CCOc2ccccc2)CC1. The summed E-state index contributed by atoms with van der Waals surface area (Å²) in [5.74, 6) is -0.557. The Kier molecular flexibility index (Phi) is 8.10. The lowest BCUT2D eigenvalue weighted by Crippen LogP contribution is -2.46. The molecule has 1 aromatic rings. The number of likely N-dealkylation sites (tertiary alicyclic amines) is 1. The molecule has 2 amide bonds. The van der Waals surface area contributed by atoms with Gasteiger partial charge in [0.2, 0.25) is 11.8 Å². The van der Waals surface area contributed by atoms with Gasteiger partial charge in [0.25, 0.3) is 0 Å². The molecule has 1 aliphatic rings. The third-order valence-electron chi connectivity index (χ3n) is 4.66. The van der Waals surface area contributed by atoms with Crippen molar-refractivity contribution >= 4 is 17.8 Å². The van der Waals surface area contributed by atoms with E-state index >= 15 is 0 Å². The Hall–Kier alpha value is -2.57. The lowest BCUT2D eigenvalue weighted by Gasteiger charge is -2.34. The summed E-state index contributed by atoms with van der Waals surface area (Å²) in [4.78, 5) is 39.0. The van der Waals surface area contributed by atoms with Gasteiger partial charge in [-0.25, -0.2) is 0 Å². The fourth-order valence-electron chi connectivity index (χ4n) is 3.27. The van der Waals surface area contributed by atoms with Gasteiger partial charge in [-0.2, -0.15) is 0 Å². The van der Waals surface area contributed by atoms with Gasteiger partial charge in [-0.1, -0.05) is 25.1 Å². The molecule has 2 rings (SSSR count). The number of nitrogens with zero attached hydrogens (tertiary/aromatic N) is 2. The lowest BCUT2D eigenvalue weighted by atomic mass is 9.95. The summed E-state index contributed by atoms with van der Waals surface area (Å²) in [6, 6.07) is 9.36. The average molecular weight is 376 g/mol. The highest BCUT2D eigenvalue weighted by Crippen LogP contribution is 2.20. The maximum atomic E-state index is 12.6. The van der Waals surface area contributed by atoms with Crippen LogP contribution in [0.2, 0.25) is 0 Å². The van der Waals surface area contributed by atoms with Crippen LogP contribution in [0.5, 0.6) is 5.75 Å². The predicted molar refractivity (Wildman–Crippen MR) is 100 cm³/mol. The van der Waals surface area contributed by atoms with Crippen LogP contribution in [0, 0.1) is 5.92 Å². The number of amides is 2. The van der Waals surface area contributed by atoms with Gasteiger partial charge >= 0.3 is 5.97 Å². The average Bonchev–Trinajstić information content (AvgIpc) is 2.67. The second-order valence-corrected chi connectivity index (χ2v) is 6.72. The first-order valence-corrected chi connectivity index (χ1v) is 9.47. The van der Waals surface area contributed by atoms with E-state index in [1.807, 2.05) is 37.3 Å². The number of carbonyl (C=O) groups excluding carboxylic acids is 2. The van der Waals surface area contributed by atoms with Gasteiger partial charge in [0.15, 0.2) is 0 Å². The molecule has 7 nitrogen and oxygen atoms in total. The van der Waals surface area contributed by atoms with Crippen LogP contribution in [0.1, 0.15) is 32.6 Å². The van der Waals surface area contributed by atoms with E-state index in [4.69, 9.17) is 9.84 Å². The zero-order valence-electron chi connectivity index (χ0n) is 15.8. The van der Waals surface area contributed by atoms with Crippen molar-refractivity contribution in [2.45, 2.75) is 32.6 Å². The number of aliphatic carboxylic acids is 1. The topological polar surface area (TPSA) is 87.2 Å².